The number of aliphatic hydroxyl groups is 1. The first-order valence-corrected chi connectivity index (χ1v) is 8.10. The number of amides is 1. The molecule has 3 aromatic rings. The largest absolute Gasteiger partial charge is 0.394 e. The van der Waals surface area contributed by atoms with Crippen molar-refractivity contribution in [3.63, 3.8) is 0 Å². The van der Waals surface area contributed by atoms with Crippen LogP contribution in [0.2, 0.25) is 0 Å². The molecule has 0 aliphatic rings. The first-order valence-electron chi connectivity index (χ1n) is 8.10. The second-order valence-electron chi connectivity index (χ2n) is 5.85. The predicted octanol–water partition coefficient (Wildman–Crippen LogP) is 3.98. The standard InChI is InChI=1S/C21H17F2NO2/c22-18-9-7-15(19(23)12-18)8-10-21(26)24-20(13-25)17-6-5-14-3-1-2-4-16(14)11-17/h1-12,20,25H,13H2,(H,24,26)/b10-8+/t20-/m0/s1. The summed E-state index contributed by atoms with van der Waals surface area (Å²) < 4.78 is 26.5. The lowest BCUT2D eigenvalue weighted by Crippen LogP contribution is -2.29. The fourth-order valence-electron chi connectivity index (χ4n) is 2.68. The van der Waals surface area contributed by atoms with E-state index in [1.807, 2.05) is 42.5 Å². The highest BCUT2D eigenvalue weighted by atomic mass is 19.1. The van der Waals surface area contributed by atoms with E-state index in [0.29, 0.717) is 0 Å². The van der Waals surface area contributed by atoms with Gasteiger partial charge in [-0.2, -0.15) is 0 Å². The van der Waals surface area contributed by atoms with Crippen molar-refractivity contribution in [2.75, 3.05) is 6.61 Å². The SMILES string of the molecule is O=C(/C=C/c1ccc(F)cc1F)N[C@@H](CO)c1ccc2ccccc2c1. The van der Waals surface area contributed by atoms with Gasteiger partial charge < -0.3 is 10.4 Å². The van der Waals surface area contributed by atoms with Gasteiger partial charge in [-0.25, -0.2) is 8.78 Å². The van der Waals surface area contributed by atoms with Gasteiger partial charge in [0.05, 0.1) is 12.6 Å². The zero-order valence-corrected chi connectivity index (χ0v) is 13.8. The fraction of sp³-hybridized carbons (Fsp3) is 0.0952. The molecule has 0 bridgehead atoms. The van der Waals surface area contributed by atoms with Crippen LogP contribution in [0.5, 0.6) is 0 Å². The lowest BCUT2D eigenvalue weighted by molar-refractivity contribution is -0.117. The van der Waals surface area contributed by atoms with Gasteiger partial charge in [0.25, 0.3) is 0 Å². The Morgan fingerprint density at radius 3 is 2.54 bits per heavy atom. The summed E-state index contributed by atoms with van der Waals surface area (Å²) in [7, 11) is 0. The molecular formula is C21H17F2NO2. The molecule has 0 aromatic heterocycles. The Kier molecular flexibility index (Phi) is 5.39. The molecule has 1 atom stereocenters. The van der Waals surface area contributed by atoms with E-state index < -0.39 is 23.6 Å². The van der Waals surface area contributed by atoms with Crippen LogP contribution in [0.3, 0.4) is 0 Å². The lowest BCUT2D eigenvalue weighted by atomic mass is 10.0. The summed E-state index contributed by atoms with van der Waals surface area (Å²) in [6.07, 6.45) is 2.42. The number of hydrogen-bond acceptors (Lipinski definition) is 2. The Morgan fingerprint density at radius 2 is 1.81 bits per heavy atom. The van der Waals surface area contributed by atoms with Gasteiger partial charge in [0.1, 0.15) is 11.6 Å². The van der Waals surface area contributed by atoms with Crippen LogP contribution in [0.15, 0.2) is 66.7 Å². The molecule has 0 heterocycles. The summed E-state index contributed by atoms with van der Waals surface area (Å²) in [5.74, 6) is -1.91. The van der Waals surface area contributed by atoms with Crippen molar-refractivity contribution in [2.24, 2.45) is 0 Å². The van der Waals surface area contributed by atoms with Crippen LogP contribution < -0.4 is 5.32 Å². The smallest absolute Gasteiger partial charge is 0.244 e. The number of halogens is 2. The average Bonchev–Trinajstić information content (AvgIpc) is 2.65. The summed E-state index contributed by atoms with van der Waals surface area (Å²) in [5.41, 5.74) is 0.869. The molecule has 1 amide bonds. The molecule has 3 aromatic carbocycles. The molecular weight excluding hydrogens is 336 g/mol. The van der Waals surface area contributed by atoms with Crippen molar-refractivity contribution >= 4 is 22.8 Å². The van der Waals surface area contributed by atoms with Crippen molar-refractivity contribution in [1.29, 1.82) is 0 Å². The van der Waals surface area contributed by atoms with Gasteiger partial charge >= 0.3 is 0 Å². The number of carbonyl (C=O) groups is 1. The van der Waals surface area contributed by atoms with Crippen LogP contribution in [-0.4, -0.2) is 17.6 Å². The number of aliphatic hydroxyl groups excluding tert-OH is 1. The number of benzene rings is 3. The molecule has 0 aliphatic carbocycles. The molecule has 3 rings (SSSR count). The van der Waals surface area contributed by atoms with Crippen LogP contribution in [0, 0.1) is 11.6 Å². The maximum Gasteiger partial charge on any atom is 0.244 e. The number of fused-ring (bicyclic) bond motifs is 1. The average molecular weight is 353 g/mol. The van der Waals surface area contributed by atoms with E-state index in [1.165, 1.54) is 12.1 Å². The van der Waals surface area contributed by atoms with Crippen molar-refractivity contribution in [3.05, 3.63) is 89.5 Å². The summed E-state index contributed by atoms with van der Waals surface area (Å²) >= 11 is 0. The van der Waals surface area contributed by atoms with E-state index in [4.69, 9.17) is 0 Å². The van der Waals surface area contributed by atoms with E-state index in [-0.39, 0.29) is 12.2 Å². The van der Waals surface area contributed by atoms with Crippen molar-refractivity contribution in [2.45, 2.75) is 6.04 Å². The number of rotatable bonds is 5. The fourth-order valence-corrected chi connectivity index (χ4v) is 2.68. The van der Waals surface area contributed by atoms with E-state index in [0.717, 1.165) is 34.5 Å². The minimum absolute atomic E-state index is 0.104. The predicted molar refractivity (Wildman–Crippen MR) is 97.3 cm³/mol. The molecule has 0 saturated carbocycles. The van der Waals surface area contributed by atoms with Gasteiger partial charge in [0.15, 0.2) is 0 Å². The molecule has 0 aliphatic heterocycles. The molecule has 0 radical (unpaired) electrons. The number of hydrogen-bond donors (Lipinski definition) is 2. The summed E-state index contributed by atoms with van der Waals surface area (Å²) in [5, 5.41) is 14.4. The van der Waals surface area contributed by atoms with Crippen molar-refractivity contribution in [1.82, 2.24) is 5.32 Å². The number of carbonyl (C=O) groups excluding carboxylic acids is 1. The Balaban J connectivity index is 1.74. The molecule has 2 N–H and O–H groups in total. The molecule has 132 valence electrons. The third kappa shape index (κ3) is 4.13. The van der Waals surface area contributed by atoms with Gasteiger partial charge in [-0.15, -0.1) is 0 Å². The van der Waals surface area contributed by atoms with Crippen LogP contribution in [-0.2, 0) is 4.79 Å². The van der Waals surface area contributed by atoms with Crippen molar-refractivity contribution in [3.8, 4) is 0 Å². The van der Waals surface area contributed by atoms with Gasteiger partial charge in [-0.3, -0.25) is 4.79 Å². The zero-order chi connectivity index (χ0) is 18.5. The van der Waals surface area contributed by atoms with E-state index in [2.05, 4.69) is 5.32 Å². The molecule has 0 saturated heterocycles. The second-order valence-corrected chi connectivity index (χ2v) is 5.85. The molecule has 0 spiro atoms. The Labute approximate surface area is 149 Å². The molecule has 26 heavy (non-hydrogen) atoms. The Bertz CT molecular complexity index is 969. The first-order chi connectivity index (χ1) is 12.6. The quantitative estimate of drug-likeness (QED) is 0.682. The third-order valence-corrected chi connectivity index (χ3v) is 4.05. The summed E-state index contributed by atoms with van der Waals surface area (Å²) in [4.78, 5) is 12.1. The van der Waals surface area contributed by atoms with Crippen LogP contribution >= 0.6 is 0 Å². The molecule has 3 nitrogen and oxygen atoms in total. The maximum absolute atomic E-state index is 13.6. The molecule has 0 fully saturated rings. The summed E-state index contributed by atoms with van der Waals surface area (Å²) in [6.45, 7) is -0.275. The third-order valence-electron chi connectivity index (χ3n) is 4.05. The number of nitrogens with one attached hydrogen (secondary N) is 1. The topological polar surface area (TPSA) is 49.3 Å². The minimum Gasteiger partial charge on any atom is -0.394 e. The summed E-state index contributed by atoms with van der Waals surface area (Å²) in [6, 6.07) is 16.0. The Morgan fingerprint density at radius 1 is 1.04 bits per heavy atom. The van der Waals surface area contributed by atoms with Gasteiger partial charge in [-0.1, -0.05) is 36.4 Å². The van der Waals surface area contributed by atoms with Crippen molar-refractivity contribution < 1.29 is 18.7 Å². The maximum atomic E-state index is 13.6. The van der Waals surface area contributed by atoms with E-state index in [9.17, 15) is 18.7 Å². The van der Waals surface area contributed by atoms with Crippen LogP contribution in [0.1, 0.15) is 17.2 Å². The van der Waals surface area contributed by atoms with E-state index >= 15 is 0 Å². The highest BCUT2D eigenvalue weighted by Gasteiger charge is 2.13. The van der Waals surface area contributed by atoms with Gasteiger partial charge in [0, 0.05) is 17.7 Å². The van der Waals surface area contributed by atoms with Gasteiger partial charge in [0.2, 0.25) is 5.91 Å². The molecule has 5 heteroatoms. The second kappa shape index (κ2) is 7.89. The first kappa shape index (κ1) is 17.8. The van der Waals surface area contributed by atoms with E-state index in [1.54, 1.807) is 0 Å². The van der Waals surface area contributed by atoms with Crippen LogP contribution in [0.25, 0.3) is 16.8 Å². The van der Waals surface area contributed by atoms with Crippen LogP contribution in [0.4, 0.5) is 8.78 Å². The normalized spacial score (nSPS) is 12.4. The minimum atomic E-state index is -0.748. The molecule has 0 unspecified atom stereocenters. The lowest BCUT2D eigenvalue weighted by Gasteiger charge is -2.16. The monoisotopic (exact) mass is 353 g/mol. The highest BCUT2D eigenvalue weighted by Crippen LogP contribution is 2.20. The highest BCUT2D eigenvalue weighted by molar-refractivity contribution is 5.92. The van der Waals surface area contributed by atoms with Gasteiger partial charge in [-0.05, 0) is 40.6 Å². The Hall–Kier alpha value is -3.05. The zero-order valence-electron chi connectivity index (χ0n) is 13.8.